The van der Waals surface area contributed by atoms with Crippen molar-refractivity contribution in [3.8, 4) is 0 Å². The Hall–Kier alpha value is -1.26. The zero-order valence-electron chi connectivity index (χ0n) is 11.6. The second kappa shape index (κ2) is 6.07. The van der Waals surface area contributed by atoms with E-state index in [-0.39, 0.29) is 18.0 Å². The van der Waals surface area contributed by atoms with Crippen molar-refractivity contribution < 1.29 is 14.7 Å². The number of hydrogen-bond donors (Lipinski definition) is 2. The van der Waals surface area contributed by atoms with Gasteiger partial charge in [-0.15, -0.1) is 0 Å². The molecule has 0 spiro atoms. The van der Waals surface area contributed by atoms with Crippen molar-refractivity contribution >= 4 is 12.0 Å². The van der Waals surface area contributed by atoms with Gasteiger partial charge < -0.3 is 15.3 Å². The van der Waals surface area contributed by atoms with Crippen LogP contribution in [0.25, 0.3) is 0 Å². The molecular formula is C13H24N2O3. The average Bonchev–Trinajstić information content (AvgIpc) is 3.04. The third-order valence-corrected chi connectivity index (χ3v) is 3.25. The van der Waals surface area contributed by atoms with E-state index in [1.54, 1.807) is 18.7 Å². The van der Waals surface area contributed by atoms with Crippen molar-refractivity contribution in [1.29, 1.82) is 0 Å². The Balaban J connectivity index is 2.61. The van der Waals surface area contributed by atoms with Crippen LogP contribution in [-0.2, 0) is 4.79 Å². The summed E-state index contributed by atoms with van der Waals surface area (Å²) in [6, 6.07) is -0.997. The zero-order chi connectivity index (χ0) is 13.9. The number of carboxylic acid groups (broad SMARTS) is 1. The molecule has 0 aromatic carbocycles. The molecule has 104 valence electrons. The molecule has 0 bridgehead atoms. The van der Waals surface area contributed by atoms with E-state index in [1.165, 1.54) is 12.8 Å². The molecule has 1 aliphatic rings. The highest BCUT2D eigenvalue weighted by Crippen LogP contribution is 2.30. The number of rotatable bonds is 6. The van der Waals surface area contributed by atoms with Gasteiger partial charge in [-0.2, -0.15) is 0 Å². The van der Waals surface area contributed by atoms with Crippen LogP contribution < -0.4 is 5.32 Å². The quantitative estimate of drug-likeness (QED) is 0.763. The van der Waals surface area contributed by atoms with Gasteiger partial charge >= 0.3 is 12.0 Å². The van der Waals surface area contributed by atoms with Crippen molar-refractivity contribution in [3.63, 3.8) is 0 Å². The molecule has 0 aromatic rings. The topological polar surface area (TPSA) is 69.6 Å². The minimum Gasteiger partial charge on any atom is -0.480 e. The van der Waals surface area contributed by atoms with Crippen LogP contribution in [0.1, 0.15) is 40.5 Å². The first-order valence-corrected chi connectivity index (χ1v) is 6.62. The van der Waals surface area contributed by atoms with Crippen LogP contribution >= 0.6 is 0 Å². The number of carboxylic acids is 1. The minimum absolute atomic E-state index is 0.0900. The molecule has 2 N–H and O–H groups in total. The predicted molar refractivity (Wildman–Crippen MR) is 69.4 cm³/mol. The van der Waals surface area contributed by atoms with E-state index in [0.29, 0.717) is 5.92 Å². The average molecular weight is 256 g/mol. The van der Waals surface area contributed by atoms with Crippen LogP contribution in [0.2, 0.25) is 0 Å². The lowest BCUT2D eigenvalue weighted by atomic mass is 10.1. The van der Waals surface area contributed by atoms with Gasteiger partial charge in [0.05, 0.1) is 0 Å². The van der Waals surface area contributed by atoms with Gasteiger partial charge in [0.25, 0.3) is 0 Å². The van der Waals surface area contributed by atoms with Gasteiger partial charge in [-0.3, -0.25) is 0 Å². The summed E-state index contributed by atoms with van der Waals surface area (Å²) >= 11 is 0. The number of carbonyl (C=O) groups excluding carboxylic acids is 1. The molecular weight excluding hydrogens is 232 g/mol. The predicted octanol–water partition coefficient (Wildman–Crippen LogP) is 1.93. The molecule has 5 nitrogen and oxygen atoms in total. The Morgan fingerprint density at radius 3 is 2.17 bits per heavy atom. The first kappa shape index (κ1) is 14.8. The Morgan fingerprint density at radius 1 is 1.28 bits per heavy atom. The van der Waals surface area contributed by atoms with E-state index in [2.05, 4.69) is 5.32 Å². The van der Waals surface area contributed by atoms with Gasteiger partial charge in [0.2, 0.25) is 0 Å². The Bertz CT molecular complexity index is 311. The largest absolute Gasteiger partial charge is 0.480 e. The maximum absolute atomic E-state index is 12.1. The van der Waals surface area contributed by atoms with E-state index in [0.717, 1.165) is 6.54 Å². The van der Waals surface area contributed by atoms with Crippen molar-refractivity contribution in [1.82, 2.24) is 10.2 Å². The minimum atomic E-state index is -0.978. The maximum atomic E-state index is 12.1. The summed E-state index contributed by atoms with van der Waals surface area (Å²) in [6.07, 6.45) is 2.34. The molecule has 1 saturated carbocycles. The summed E-state index contributed by atoms with van der Waals surface area (Å²) in [7, 11) is 0. The molecule has 0 aliphatic heterocycles. The van der Waals surface area contributed by atoms with E-state index < -0.39 is 12.0 Å². The molecule has 18 heavy (non-hydrogen) atoms. The zero-order valence-corrected chi connectivity index (χ0v) is 11.6. The van der Waals surface area contributed by atoms with Crippen molar-refractivity contribution in [2.75, 3.05) is 6.54 Å². The summed E-state index contributed by atoms with van der Waals surface area (Å²) in [5, 5.41) is 11.7. The Kier molecular flexibility index (Phi) is 4.99. The van der Waals surface area contributed by atoms with Crippen LogP contribution in [-0.4, -0.2) is 40.6 Å². The third-order valence-electron chi connectivity index (χ3n) is 3.25. The van der Waals surface area contributed by atoms with Crippen molar-refractivity contribution in [2.45, 2.75) is 52.6 Å². The Labute approximate surface area is 109 Å². The number of carbonyl (C=O) groups is 2. The van der Waals surface area contributed by atoms with Crippen LogP contribution in [0.5, 0.6) is 0 Å². The van der Waals surface area contributed by atoms with Gasteiger partial charge in [0.1, 0.15) is 6.04 Å². The van der Waals surface area contributed by atoms with Crippen molar-refractivity contribution in [2.24, 2.45) is 11.8 Å². The first-order chi connectivity index (χ1) is 8.32. The van der Waals surface area contributed by atoms with Gasteiger partial charge in [0.15, 0.2) is 0 Å². The van der Waals surface area contributed by atoms with Gasteiger partial charge in [0, 0.05) is 12.6 Å². The normalized spacial score (nSPS) is 16.8. The molecule has 1 fully saturated rings. The summed E-state index contributed by atoms with van der Waals surface area (Å²) in [4.78, 5) is 24.9. The number of aliphatic carboxylic acids is 1. The van der Waals surface area contributed by atoms with Gasteiger partial charge in [-0.25, -0.2) is 9.59 Å². The highest BCUT2D eigenvalue weighted by molar-refractivity contribution is 5.82. The molecule has 5 heteroatoms. The lowest BCUT2D eigenvalue weighted by Crippen LogP contribution is -2.52. The number of nitrogens with one attached hydrogen (secondary N) is 1. The highest BCUT2D eigenvalue weighted by atomic mass is 16.4. The highest BCUT2D eigenvalue weighted by Gasteiger charge is 2.31. The number of amides is 2. The molecule has 0 saturated heterocycles. The van der Waals surface area contributed by atoms with Crippen molar-refractivity contribution in [3.05, 3.63) is 0 Å². The SMILES string of the molecule is CC(C)[C@@H](NC(=O)N(CC1CC1)C(C)C)C(=O)O. The second-order valence-electron chi connectivity index (χ2n) is 5.70. The second-order valence-corrected chi connectivity index (χ2v) is 5.70. The standard InChI is InChI=1S/C13H24N2O3/c1-8(2)11(12(16)17)14-13(18)15(9(3)4)7-10-5-6-10/h8-11H,5-7H2,1-4H3,(H,14,18)(H,16,17)/t11-/m1/s1. The monoisotopic (exact) mass is 256 g/mol. The van der Waals surface area contributed by atoms with E-state index in [1.807, 2.05) is 13.8 Å². The summed E-state index contributed by atoms with van der Waals surface area (Å²) in [5.74, 6) is -0.504. The van der Waals surface area contributed by atoms with Gasteiger partial charge in [-0.1, -0.05) is 13.8 Å². The van der Waals surface area contributed by atoms with Crippen LogP contribution in [0.15, 0.2) is 0 Å². The molecule has 1 aliphatic carbocycles. The van der Waals surface area contributed by atoms with E-state index in [4.69, 9.17) is 5.11 Å². The fraction of sp³-hybridized carbons (Fsp3) is 0.846. The van der Waals surface area contributed by atoms with Crippen LogP contribution in [0, 0.1) is 11.8 Å². The van der Waals surface area contributed by atoms with E-state index in [9.17, 15) is 9.59 Å². The molecule has 2 amide bonds. The molecule has 1 rings (SSSR count). The fourth-order valence-electron chi connectivity index (χ4n) is 1.84. The van der Waals surface area contributed by atoms with Gasteiger partial charge in [-0.05, 0) is 38.5 Å². The summed E-state index contributed by atoms with van der Waals surface area (Å²) in [5.41, 5.74) is 0. The lowest BCUT2D eigenvalue weighted by Gasteiger charge is -2.29. The first-order valence-electron chi connectivity index (χ1n) is 6.62. The Morgan fingerprint density at radius 2 is 1.83 bits per heavy atom. The fourth-order valence-corrected chi connectivity index (χ4v) is 1.84. The molecule has 0 unspecified atom stereocenters. The maximum Gasteiger partial charge on any atom is 0.326 e. The van der Waals surface area contributed by atoms with Crippen LogP contribution in [0.3, 0.4) is 0 Å². The molecule has 0 aromatic heterocycles. The summed E-state index contributed by atoms with van der Waals surface area (Å²) < 4.78 is 0. The molecule has 0 radical (unpaired) electrons. The van der Waals surface area contributed by atoms with E-state index >= 15 is 0 Å². The third kappa shape index (κ3) is 4.20. The smallest absolute Gasteiger partial charge is 0.326 e. The number of hydrogen-bond acceptors (Lipinski definition) is 2. The molecule has 0 heterocycles. The van der Waals surface area contributed by atoms with Crippen LogP contribution in [0.4, 0.5) is 4.79 Å². The summed E-state index contributed by atoms with van der Waals surface area (Å²) in [6.45, 7) is 8.22. The number of urea groups is 1. The molecule has 1 atom stereocenters. The lowest BCUT2D eigenvalue weighted by molar-refractivity contribution is -0.140. The number of nitrogens with zero attached hydrogens (tertiary/aromatic N) is 1.